The van der Waals surface area contributed by atoms with Gasteiger partial charge in [-0.1, -0.05) is 32.9 Å². The van der Waals surface area contributed by atoms with E-state index in [9.17, 15) is 0 Å². The van der Waals surface area contributed by atoms with E-state index in [-0.39, 0.29) is 10.8 Å². The van der Waals surface area contributed by atoms with Crippen LogP contribution >= 0.6 is 0 Å². The van der Waals surface area contributed by atoms with E-state index in [2.05, 4.69) is 43.2 Å². The first-order valence-electron chi connectivity index (χ1n) is 6.99. The summed E-state index contributed by atoms with van der Waals surface area (Å²) in [5.74, 6) is 2.66. The summed E-state index contributed by atoms with van der Waals surface area (Å²) in [5.41, 5.74) is 0.538. The predicted octanol–water partition coefficient (Wildman–Crippen LogP) is 2.69. The molecule has 18 heavy (non-hydrogen) atoms. The molecule has 0 bridgehead atoms. The zero-order valence-electron chi connectivity index (χ0n) is 11.8. The predicted molar refractivity (Wildman–Crippen MR) is 69.4 cm³/mol. The second-order valence-corrected chi connectivity index (χ2v) is 6.89. The van der Waals surface area contributed by atoms with E-state index in [0.29, 0.717) is 11.8 Å². The van der Waals surface area contributed by atoms with Crippen LogP contribution in [0.4, 0.5) is 0 Å². The number of nitrogens with zero attached hydrogens (tertiary/aromatic N) is 2. The van der Waals surface area contributed by atoms with Crippen LogP contribution in [-0.2, 0) is 0 Å². The first kappa shape index (κ1) is 12.2. The smallest absolute Gasteiger partial charge is 0.230 e. The molecule has 2 fully saturated rings. The van der Waals surface area contributed by atoms with Gasteiger partial charge in [0.2, 0.25) is 5.89 Å². The molecule has 0 amide bonds. The lowest BCUT2D eigenvalue weighted by Gasteiger charge is -2.18. The van der Waals surface area contributed by atoms with E-state index >= 15 is 0 Å². The second-order valence-electron chi connectivity index (χ2n) is 6.89. The van der Waals surface area contributed by atoms with Gasteiger partial charge in [-0.05, 0) is 36.8 Å². The lowest BCUT2D eigenvalue weighted by Crippen LogP contribution is -2.27. The molecule has 1 aliphatic heterocycles. The molecule has 1 N–H and O–H groups in total. The van der Waals surface area contributed by atoms with Gasteiger partial charge in [0.25, 0.3) is 0 Å². The molecule has 100 valence electrons. The summed E-state index contributed by atoms with van der Waals surface area (Å²) in [6, 6.07) is 0. The van der Waals surface area contributed by atoms with E-state index in [1.807, 2.05) is 0 Å². The number of piperidine rings is 1. The number of hydrogen-bond acceptors (Lipinski definition) is 4. The Morgan fingerprint density at radius 1 is 1.11 bits per heavy atom. The lowest BCUT2D eigenvalue weighted by atomic mass is 9.98. The number of rotatable bonds is 2. The van der Waals surface area contributed by atoms with Crippen molar-refractivity contribution in [3.63, 3.8) is 0 Å². The summed E-state index contributed by atoms with van der Waals surface area (Å²) in [4.78, 5) is 4.68. The maximum Gasteiger partial charge on any atom is 0.230 e. The van der Waals surface area contributed by atoms with Crippen molar-refractivity contribution < 1.29 is 4.52 Å². The standard InChI is InChI=1S/C14H23N3O/c1-13(2)10(14(13,3)4)12-16-11(17-18-12)9-5-7-15-8-6-9/h9-10,15H,5-8H2,1-4H3. The molecule has 1 aliphatic carbocycles. The molecule has 1 saturated carbocycles. The Kier molecular flexibility index (Phi) is 2.56. The summed E-state index contributed by atoms with van der Waals surface area (Å²) in [7, 11) is 0. The molecule has 0 radical (unpaired) electrons. The number of aromatic nitrogens is 2. The van der Waals surface area contributed by atoms with E-state index in [1.54, 1.807) is 0 Å². The summed E-state index contributed by atoms with van der Waals surface area (Å²) in [5, 5.41) is 7.58. The summed E-state index contributed by atoms with van der Waals surface area (Å²) in [6.45, 7) is 11.3. The average Bonchev–Trinajstić information content (AvgIpc) is 2.72. The molecule has 3 rings (SSSR count). The maximum absolute atomic E-state index is 5.53. The Hall–Kier alpha value is -0.900. The normalized spacial score (nSPS) is 27.3. The third-order valence-corrected chi connectivity index (χ3v) is 5.43. The van der Waals surface area contributed by atoms with Gasteiger partial charge in [0.1, 0.15) is 0 Å². The molecule has 0 atom stereocenters. The number of nitrogens with one attached hydrogen (secondary N) is 1. The van der Waals surface area contributed by atoms with Crippen LogP contribution in [0.15, 0.2) is 4.52 Å². The van der Waals surface area contributed by atoms with E-state index < -0.39 is 0 Å². The molecule has 0 aromatic carbocycles. The highest BCUT2D eigenvalue weighted by Crippen LogP contribution is 2.73. The molecule has 2 heterocycles. The second kappa shape index (κ2) is 3.80. The van der Waals surface area contributed by atoms with Crippen LogP contribution in [0.2, 0.25) is 0 Å². The quantitative estimate of drug-likeness (QED) is 0.875. The van der Waals surface area contributed by atoms with E-state index in [0.717, 1.165) is 37.6 Å². The molecular weight excluding hydrogens is 226 g/mol. The molecule has 0 unspecified atom stereocenters. The highest BCUT2D eigenvalue weighted by atomic mass is 16.5. The van der Waals surface area contributed by atoms with Crippen LogP contribution in [0.5, 0.6) is 0 Å². The maximum atomic E-state index is 5.53. The van der Waals surface area contributed by atoms with Crippen LogP contribution < -0.4 is 5.32 Å². The van der Waals surface area contributed by atoms with Crippen molar-refractivity contribution in [1.29, 1.82) is 0 Å². The summed E-state index contributed by atoms with van der Waals surface area (Å²) in [6.07, 6.45) is 2.24. The molecule has 4 heteroatoms. The highest BCUT2D eigenvalue weighted by Gasteiger charge is 2.68. The van der Waals surface area contributed by atoms with Gasteiger partial charge in [-0.25, -0.2) is 0 Å². The minimum Gasteiger partial charge on any atom is -0.339 e. The van der Waals surface area contributed by atoms with Gasteiger partial charge in [-0.2, -0.15) is 4.98 Å². The van der Waals surface area contributed by atoms with Crippen LogP contribution in [0, 0.1) is 10.8 Å². The topological polar surface area (TPSA) is 51.0 Å². The molecule has 4 nitrogen and oxygen atoms in total. The van der Waals surface area contributed by atoms with Crippen LogP contribution in [0.1, 0.15) is 64.1 Å². The highest BCUT2D eigenvalue weighted by molar-refractivity contribution is 5.25. The van der Waals surface area contributed by atoms with Gasteiger partial charge < -0.3 is 9.84 Å². The monoisotopic (exact) mass is 249 g/mol. The van der Waals surface area contributed by atoms with Gasteiger partial charge in [0.15, 0.2) is 5.82 Å². The molecular formula is C14H23N3O. The fourth-order valence-corrected chi connectivity index (χ4v) is 3.42. The Labute approximate surface area is 109 Å². The Balaban J connectivity index is 1.78. The van der Waals surface area contributed by atoms with Crippen molar-refractivity contribution in [3.8, 4) is 0 Å². The number of hydrogen-bond donors (Lipinski definition) is 1. The largest absolute Gasteiger partial charge is 0.339 e. The van der Waals surface area contributed by atoms with Crippen LogP contribution in [-0.4, -0.2) is 23.2 Å². The zero-order valence-corrected chi connectivity index (χ0v) is 11.8. The van der Waals surface area contributed by atoms with Crippen molar-refractivity contribution in [2.45, 2.75) is 52.4 Å². The van der Waals surface area contributed by atoms with Crippen molar-refractivity contribution in [1.82, 2.24) is 15.5 Å². The van der Waals surface area contributed by atoms with Crippen LogP contribution in [0.25, 0.3) is 0 Å². The van der Waals surface area contributed by atoms with E-state index in [1.165, 1.54) is 0 Å². The Bertz CT molecular complexity index is 430. The van der Waals surface area contributed by atoms with Crippen molar-refractivity contribution >= 4 is 0 Å². The van der Waals surface area contributed by atoms with Crippen molar-refractivity contribution in [3.05, 3.63) is 11.7 Å². The van der Waals surface area contributed by atoms with Gasteiger partial charge in [-0.15, -0.1) is 0 Å². The van der Waals surface area contributed by atoms with Gasteiger partial charge in [0, 0.05) is 11.8 Å². The fraction of sp³-hybridized carbons (Fsp3) is 0.857. The van der Waals surface area contributed by atoms with Crippen LogP contribution in [0.3, 0.4) is 0 Å². The molecule has 2 aliphatic rings. The first-order valence-corrected chi connectivity index (χ1v) is 6.99. The van der Waals surface area contributed by atoms with Gasteiger partial charge >= 0.3 is 0 Å². The first-order chi connectivity index (χ1) is 8.44. The minimum absolute atomic E-state index is 0.269. The average molecular weight is 249 g/mol. The summed E-state index contributed by atoms with van der Waals surface area (Å²) >= 11 is 0. The van der Waals surface area contributed by atoms with E-state index in [4.69, 9.17) is 4.52 Å². The SMILES string of the molecule is CC1(C)C(c2nc(C3CCNCC3)no2)C1(C)C. The third-order valence-electron chi connectivity index (χ3n) is 5.43. The fourth-order valence-electron chi connectivity index (χ4n) is 3.42. The Morgan fingerprint density at radius 2 is 1.72 bits per heavy atom. The zero-order chi connectivity index (χ0) is 13.0. The van der Waals surface area contributed by atoms with Crippen molar-refractivity contribution in [2.24, 2.45) is 10.8 Å². The molecule has 0 spiro atoms. The third kappa shape index (κ3) is 1.62. The summed E-state index contributed by atoms with van der Waals surface area (Å²) < 4.78 is 5.53. The lowest BCUT2D eigenvalue weighted by molar-refractivity contribution is 0.351. The van der Waals surface area contributed by atoms with Crippen molar-refractivity contribution in [2.75, 3.05) is 13.1 Å². The minimum atomic E-state index is 0.269. The molecule has 1 aromatic heterocycles. The molecule has 1 saturated heterocycles. The van der Waals surface area contributed by atoms with Gasteiger partial charge in [0.05, 0.1) is 0 Å². The Morgan fingerprint density at radius 3 is 2.28 bits per heavy atom. The van der Waals surface area contributed by atoms with Gasteiger partial charge in [-0.3, -0.25) is 0 Å². The molecule has 1 aromatic rings.